The van der Waals surface area contributed by atoms with Gasteiger partial charge in [0.2, 0.25) is 5.91 Å². The predicted molar refractivity (Wildman–Crippen MR) is 115 cm³/mol. The van der Waals surface area contributed by atoms with Gasteiger partial charge in [-0.2, -0.15) is 0 Å². The van der Waals surface area contributed by atoms with Gasteiger partial charge in [0.25, 0.3) is 0 Å². The molecule has 0 spiro atoms. The highest BCUT2D eigenvalue weighted by atomic mass is 35.5. The molecule has 1 aromatic rings. The summed E-state index contributed by atoms with van der Waals surface area (Å²) in [7, 11) is 0. The van der Waals surface area contributed by atoms with E-state index in [4.69, 9.17) is 51.1 Å². The molecule has 0 heterocycles. The minimum Gasteiger partial charge on any atom is -0.460 e. The van der Waals surface area contributed by atoms with E-state index in [0.717, 1.165) is 0 Å². The van der Waals surface area contributed by atoms with Crippen LogP contribution < -0.4 is 5.32 Å². The largest absolute Gasteiger partial charge is 0.460 e. The molecule has 28 heavy (non-hydrogen) atoms. The number of hydrogen-bond acceptors (Lipinski definition) is 3. The molecule has 2 unspecified atom stereocenters. The van der Waals surface area contributed by atoms with E-state index in [2.05, 4.69) is 5.32 Å². The summed E-state index contributed by atoms with van der Waals surface area (Å²) < 4.78 is 5.58. The number of rotatable bonds is 7. The normalized spacial score (nSPS) is 19.9. The molecule has 1 amide bonds. The zero-order valence-electron chi connectivity index (χ0n) is 16.1. The molecule has 1 fully saturated rings. The topological polar surface area (TPSA) is 55.4 Å². The smallest absolute Gasteiger partial charge is 0.310 e. The van der Waals surface area contributed by atoms with Crippen molar-refractivity contribution in [3.05, 3.63) is 38.3 Å². The molecular weight excluding hydrogens is 444 g/mol. The molecule has 0 radical (unpaired) electrons. The van der Waals surface area contributed by atoms with E-state index in [1.165, 1.54) is 0 Å². The molecule has 1 aliphatic carbocycles. The van der Waals surface area contributed by atoms with E-state index in [1.54, 1.807) is 18.2 Å². The third-order valence-corrected chi connectivity index (χ3v) is 5.92. The number of halogens is 4. The molecule has 1 saturated carbocycles. The van der Waals surface area contributed by atoms with Crippen LogP contribution in [-0.4, -0.2) is 11.9 Å². The Labute approximate surface area is 185 Å². The molecule has 154 valence electrons. The highest BCUT2D eigenvalue weighted by molar-refractivity contribution is 6.55. The SMILES string of the molecule is CC(C)CC(=O)Nc1ccc(Cl)c(COC(=O)C2C(C=C(Cl)Cl)C2(C)C)c1Cl. The molecule has 4 nitrogen and oxygen atoms in total. The number of ether oxygens (including phenoxy) is 1. The molecule has 0 aliphatic heterocycles. The molecular formula is C20H23Cl4NO3. The number of carbonyl (C=O) groups is 2. The fourth-order valence-corrected chi connectivity index (χ4v) is 4.00. The molecule has 2 atom stereocenters. The third kappa shape index (κ3) is 5.56. The van der Waals surface area contributed by atoms with Gasteiger partial charge in [0, 0.05) is 17.0 Å². The van der Waals surface area contributed by atoms with Crippen LogP contribution >= 0.6 is 46.4 Å². The van der Waals surface area contributed by atoms with Crippen LogP contribution in [-0.2, 0) is 20.9 Å². The van der Waals surface area contributed by atoms with Crippen LogP contribution in [0.4, 0.5) is 5.69 Å². The molecule has 8 heteroatoms. The van der Waals surface area contributed by atoms with Crippen LogP contribution in [0.3, 0.4) is 0 Å². The van der Waals surface area contributed by atoms with Gasteiger partial charge in [-0.3, -0.25) is 9.59 Å². The number of hydrogen-bond donors (Lipinski definition) is 1. The summed E-state index contributed by atoms with van der Waals surface area (Å²) in [5.41, 5.74) is 0.594. The van der Waals surface area contributed by atoms with Gasteiger partial charge in [0.1, 0.15) is 11.1 Å². The zero-order chi connectivity index (χ0) is 21.2. The van der Waals surface area contributed by atoms with E-state index in [-0.39, 0.29) is 51.2 Å². The van der Waals surface area contributed by atoms with Crippen molar-refractivity contribution in [2.45, 2.75) is 40.7 Å². The number of amides is 1. The number of carbonyl (C=O) groups excluding carboxylic acids is 2. The molecule has 0 aromatic heterocycles. The summed E-state index contributed by atoms with van der Waals surface area (Å²) in [5.74, 6) is -0.724. The minimum absolute atomic E-state index is 0.0856. The van der Waals surface area contributed by atoms with Crippen LogP contribution in [0.2, 0.25) is 10.0 Å². The quantitative estimate of drug-likeness (QED) is 0.459. The monoisotopic (exact) mass is 465 g/mol. The molecule has 0 bridgehead atoms. The standard InChI is InChI=1S/C20H23Cl4NO3/c1-10(2)7-16(26)25-14-6-5-13(21)11(18(14)24)9-28-19(27)17-12(8-15(22)23)20(17,3)4/h5-6,8,10,12,17H,7,9H2,1-4H3,(H,25,26). The van der Waals surface area contributed by atoms with E-state index in [1.807, 2.05) is 27.7 Å². The fraction of sp³-hybridized carbons (Fsp3) is 0.500. The Balaban J connectivity index is 2.08. The first-order chi connectivity index (χ1) is 12.9. The van der Waals surface area contributed by atoms with E-state index < -0.39 is 0 Å². The van der Waals surface area contributed by atoms with Crippen LogP contribution in [0.1, 0.15) is 39.7 Å². The van der Waals surface area contributed by atoms with Crippen LogP contribution in [0.5, 0.6) is 0 Å². The van der Waals surface area contributed by atoms with Gasteiger partial charge in [0.15, 0.2) is 0 Å². The summed E-state index contributed by atoms with van der Waals surface area (Å²) in [6.07, 6.45) is 2.03. The van der Waals surface area contributed by atoms with Gasteiger partial charge < -0.3 is 10.1 Å². The summed E-state index contributed by atoms with van der Waals surface area (Å²) in [6.45, 7) is 7.70. The van der Waals surface area contributed by atoms with Gasteiger partial charge in [-0.1, -0.05) is 74.1 Å². The second-order valence-electron chi connectivity index (χ2n) is 7.92. The maximum absolute atomic E-state index is 12.5. The fourth-order valence-electron chi connectivity index (χ4n) is 3.21. The van der Waals surface area contributed by atoms with Crippen molar-refractivity contribution < 1.29 is 14.3 Å². The molecule has 1 N–H and O–H groups in total. The maximum atomic E-state index is 12.5. The highest BCUT2D eigenvalue weighted by Gasteiger charge is 2.61. The molecule has 2 rings (SSSR count). The number of benzene rings is 1. The Morgan fingerprint density at radius 2 is 1.89 bits per heavy atom. The number of esters is 1. The minimum atomic E-state index is -0.373. The van der Waals surface area contributed by atoms with Crippen LogP contribution in [0, 0.1) is 23.2 Å². The van der Waals surface area contributed by atoms with Crippen molar-refractivity contribution in [3.63, 3.8) is 0 Å². The van der Waals surface area contributed by atoms with Crippen molar-refractivity contribution >= 4 is 64.0 Å². The van der Waals surface area contributed by atoms with E-state index in [0.29, 0.717) is 22.7 Å². The number of allylic oxidation sites excluding steroid dienone is 1. The Hall–Kier alpha value is -0.940. The Kier molecular flexibility index (Phi) is 7.71. The number of nitrogens with one attached hydrogen (secondary N) is 1. The first-order valence-electron chi connectivity index (χ1n) is 8.91. The Morgan fingerprint density at radius 1 is 1.25 bits per heavy atom. The van der Waals surface area contributed by atoms with Crippen molar-refractivity contribution in [2.75, 3.05) is 5.32 Å². The highest BCUT2D eigenvalue weighted by Crippen LogP contribution is 2.60. The van der Waals surface area contributed by atoms with E-state index >= 15 is 0 Å². The van der Waals surface area contributed by atoms with Gasteiger partial charge >= 0.3 is 5.97 Å². The molecule has 0 saturated heterocycles. The summed E-state index contributed by atoms with van der Waals surface area (Å²) in [4.78, 5) is 24.5. The molecule has 1 aliphatic rings. The van der Waals surface area contributed by atoms with E-state index in [9.17, 15) is 9.59 Å². The van der Waals surface area contributed by atoms with Crippen molar-refractivity contribution in [3.8, 4) is 0 Å². The van der Waals surface area contributed by atoms with Gasteiger partial charge in [-0.05, 0) is 35.5 Å². The van der Waals surface area contributed by atoms with Crippen molar-refractivity contribution in [1.29, 1.82) is 0 Å². The first kappa shape index (κ1) is 23.3. The zero-order valence-corrected chi connectivity index (χ0v) is 19.1. The number of anilines is 1. The summed E-state index contributed by atoms with van der Waals surface area (Å²) >= 11 is 24.1. The van der Waals surface area contributed by atoms with Gasteiger partial charge in [-0.15, -0.1) is 0 Å². The second kappa shape index (κ2) is 9.25. The van der Waals surface area contributed by atoms with Crippen molar-refractivity contribution in [2.24, 2.45) is 23.2 Å². The third-order valence-electron chi connectivity index (χ3n) is 4.88. The second-order valence-corrected chi connectivity index (χ2v) is 9.72. The van der Waals surface area contributed by atoms with Gasteiger partial charge in [0.05, 0.1) is 16.6 Å². The summed E-state index contributed by atoms with van der Waals surface area (Å²) in [6, 6.07) is 3.24. The van der Waals surface area contributed by atoms with Crippen molar-refractivity contribution in [1.82, 2.24) is 0 Å². The Bertz CT molecular complexity index is 801. The Morgan fingerprint density at radius 3 is 2.46 bits per heavy atom. The maximum Gasteiger partial charge on any atom is 0.310 e. The predicted octanol–water partition coefficient (Wildman–Crippen LogP) is 6.61. The average molecular weight is 467 g/mol. The molecule has 1 aromatic carbocycles. The lowest BCUT2D eigenvalue weighted by Crippen LogP contribution is -2.15. The van der Waals surface area contributed by atoms with Crippen LogP contribution in [0.15, 0.2) is 22.7 Å². The lowest BCUT2D eigenvalue weighted by atomic mass is 10.1. The first-order valence-corrected chi connectivity index (χ1v) is 10.4. The lowest BCUT2D eigenvalue weighted by Gasteiger charge is -2.14. The lowest BCUT2D eigenvalue weighted by molar-refractivity contribution is -0.147. The summed E-state index contributed by atoms with van der Waals surface area (Å²) in [5, 5.41) is 3.38. The average Bonchev–Trinajstić information content (AvgIpc) is 3.08. The van der Waals surface area contributed by atoms with Crippen LogP contribution in [0.25, 0.3) is 0 Å². The van der Waals surface area contributed by atoms with Gasteiger partial charge in [-0.25, -0.2) is 0 Å².